The molecule has 2 aromatic heterocycles. The third kappa shape index (κ3) is 6.24. The Morgan fingerprint density at radius 3 is 2.66 bits per heavy atom. The SMILES string of the molecule is CN1CCCN(c2ccc(N(C(=O)c3cocn3)C(C(=O)NCCc3cccc(F)c3)c3cccnc3)cc2)C1=O. The number of hydrogen-bond acceptors (Lipinski definition) is 6. The number of nitrogens with zero attached hydrogens (tertiary/aromatic N) is 5. The largest absolute Gasteiger partial charge is 0.451 e. The molecule has 0 aliphatic carbocycles. The van der Waals surface area contributed by atoms with Crippen LogP contribution in [0.4, 0.5) is 20.6 Å². The van der Waals surface area contributed by atoms with E-state index >= 15 is 0 Å². The molecule has 5 rings (SSSR count). The summed E-state index contributed by atoms with van der Waals surface area (Å²) in [6.45, 7) is 1.49. The second-order valence-electron chi connectivity index (χ2n) is 9.63. The lowest BCUT2D eigenvalue weighted by atomic mass is 10.0. The van der Waals surface area contributed by atoms with Gasteiger partial charge in [0.2, 0.25) is 5.91 Å². The molecule has 1 fully saturated rings. The number of halogens is 1. The molecule has 210 valence electrons. The van der Waals surface area contributed by atoms with Crippen LogP contribution in [-0.4, -0.2) is 59.4 Å². The van der Waals surface area contributed by atoms with Gasteiger partial charge in [-0.2, -0.15) is 0 Å². The minimum atomic E-state index is -1.12. The molecule has 1 aliphatic rings. The quantitative estimate of drug-likeness (QED) is 0.331. The number of amides is 4. The molecule has 0 spiro atoms. The average Bonchev–Trinajstić information content (AvgIpc) is 3.53. The smallest absolute Gasteiger partial charge is 0.324 e. The van der Waals surface area contributed by atoms with Gasteiger partial charge in [-0.1, -0.05) is 18.2 Å². The number of rotatable bonds is 9. The Hall–Kier alpha value is -5.06. The van der Waals surface area contributed by atoms with Crippen LogP contribution in [0, 0.1) is 5.82 Å². The highest BCUT2D eigenvalue weighted by Gasteiger charge is 2.35. The standard InChI is InChI=1S/C30H29FN6O4/c1-35-15-4-16-36(30(35)40)24-8-10-25(11-9-24)37(29(39)26-19-41-20-34-26)27(22-6-3-13-32-18-22)28(38)33-14-12-21-5-2-7-23(31)17-21/h2-3,5-11,13,17-20,27H,4,12,14-16H2,1H3,(H,33,38). The first-order chi connectivity index (χ1) is 19.9. The van der Waals surface area contributed by atoms with Crippen molar-refractivity contribution in [2.75, 3.05) is 36.5 Å². The van der Waals surface area contributed by atoms with Crippen LogP contribution in [0.15, 0.2) is 90.1 Å². The van der Waals surface area contributed by atoms with Crippen LogP contribution in [-0.2, 0) is 11.2 Å². The molecule has 3 heterocycles. The fourth-order valence-corrected chi connectivity index (χ4v) is 4.80. The van der Waals surface area contributed by atoms with Gasteiger partial charge in [-0.3, -0.25) is 24.4 Å². The molecule has 4 amide bonds. The minimum absolute atomic E-state index is 0.0170. The summed E-state index contributed by atoms with van der Waals surface area (Å²) in [5.74, 6) is -1.37. The average molecular weight is 557 g/mol. The van der Waals surface area contributed by atoms with E-state index in [0.717, 1.165) is 18.4 Å². The maximum atomic E-state index is 13.8. The van der Waals surface area contributed by atoms with E-state index < -0.39 is 17.9 Å². The van der Waals surface area contributed by atoms with E-state index in [2.05, 4.69) is 15.3 Å². The molecule has 4 aromatic rings. The summed E-state index contributed by atoms with van der Waals surface area (Å²) in [6.07, 6.45) is 6.69. The Kier molecular flexibility index (Phi) is 8.33. The summed E-state index contributed by atoms with van der Waals surface area (Å²) in [5.41, 5.74) is 2.31. The molecule has 0 saturated carbocycles. The van der Waals surface area contributed by atoms with Crippen LogP contribution in [0.5, 0.6) is 0 Å². The summed E-state index contributed by atoms with van der Waals surface area (Å²) < 4.78 is 18.7. The molecule has 0 bridgehead atoms. The number of nitrogens with one attached hydrogen (secondary N) is 1. The van der Waals surface area contributed by atoms with E-state index in [9.17, 15) is 18.8 Å². The van der Waals surface area contributed by atoms with Crippen LogP contribution in [0.1, 0.15) is 34.1 Å². The highest BCUT2D eigenvalue weighted by molar-refractivity contribution is 6.09. The summed E-state index contributed by atoms with van der Waals surface area (Å²) in [5, 5.41) is 2.89. The van der Waals surface area contributed by atoms with Crippen molar-refractivity contribution >= 4 is 29.2 Å². The summed E-state index contributed by atoms with van der Waals surface area (Å²) in [4.78, 5) is 53.2. The van der Waals surface area contributed by atoms with Gasteiger partial charge in [0.1, 0.15) is 18.1 Å². The molecule has 1 aliphatic heterocycles. The zero-order valence-electron chi connectivity index (χ0n) is 22.4. The Morgan fingerprint density at radius 2 is 1.95 bits per heavy atom. The Balaban J connectivity index is 1.47. The highest BCUT2D eigenvalue weighted by atomic mass is 19.1. The number of urea groups is 1. The lowest BCUT2D eigenvalue weighted by molar-refractivity contribution is -0.122. The molecule has 41 heavy (non-hydrogen) atoms. The topological polar surface area (TPSA) is 112 Å². The normalized spacial score (nSPS) is 14.0. The molecular weight excluding hydrogens is 527 g/mol. The van der Waals surface area contributed by atoms with Crippen LogP contribution >= 0.6 is 0 Å². The third-order valence-electron chi connectivity index (χ3n) is 6.85. The fraction of sp³-hybridized carbons (Fsp3) is 0.233. The minimum Gasteiger partial charge on any atom is -0.451 e. The van der Waals surface area contributed by atoms with Gasteiger partial charge >= 0.3 is 6.03 Å². The highest BCUT2D eigenvalue weighted by Crippen LogP contribution is 2.31. The monoisotopic (exact) mass is 556 g/mol. The zero-order chi connectivity index (χ0) is 28.8. The van der Waals surface area contributed by atoms with Crippen molar-refractivity contribution in [2.45, 2.75) is 18.9 Å². The van der Waals surface area contributed by atoms with Gasteiger partial charge in [-0.25, -0.2) is 14.2 Å². The number of pyridine rings is 1. The number of carbonyl (C=O) groups excluding carboxylic acids is 3. The first-order valence-corrected chi connectivity index (χ1v) is 13.2. The van der Waals surface area contributed by atoms with Crippen LogP contribution < -0.4 is 15.1 Å². The predicted octanol–water partition coefficient (Wildman–Crippen LogP) is 4.22. The zero-order valence-corrected chi connectivity index (χ0v) is 22.4. The fourth-order valence-electron chi connectivity index (χ4n) is 4.80. The third-order valence-corrected chi connectivity index (χ3v) is 6.85. The lowest BCUT2D eigenvalue weighted by Gasteiger charge is -2.34. The van der Waals surface area contributed by atoms with Gasteiger partial charge < -0.3 is 14.6 Å². The number of carbonyl (C=O) groups is 3. The first kappa shape index (κ1) is 27.5. The van der Waals surface area contributed by atoms with Crippen molar-refractivity contribution in [1.29, 1.82) is 0 Å². The van der Waals surface area contributed by atoms with Crippen molar-refractivity contribution < 1.29 is 23.2 Å². The second kappa shape index (κ2) is 12.4. The van der Waals surface area contributed by atoms with E-state index in [4.69, 9.17) is 4.42 Å². The van der Waals surface area contributed by atoms with Crippen LogP contribution in [0.2, 0.25) is 0 Å². The maximum absolute atomic E-state index is 13.8. The van der Waals surface area contributed by atoms with Crippen molar-refractivity contribution in [3.63, 3.8) is 0 Å². The van der Waals surface area contributed by atoms with Crippen molar-refractivity contribution in [3.8, 4) is 0 Å². The molecule has 2 aromatic carbocycles. The summed E-state index contributed by atoms with van der Waals surface area (Å²) in [7, 11) is 1.76. The van der Waals surface area contributed by atoms with Gasteiger partial charge in [0.15, 0.2) is 12.1 Å². The van der Waals surface area contributed by atoms with E-state index in [-0.39, 0.29) is 24.1 Å². The Bertz CT molecular complexity index is 1500. The number of oxazole rings is 1. The van der Waals surface area contributed by atoms with Crippen molar-refractivity contribution in [2.24, 2.45) is 0 Å². The number of anilines is 2. The predicted molar refractivity (Wildman–Crippen MR) is 150 cm³/mol. The van der Waals surface area contributed by atoms with Crippen LogP contribution in [0.25, 0.3) is 0 Å². The van der Waals surface area contributed by atoms with E-state index in [1.165, 1.54) is 29.5 Å². The van der Waals surface area contributed by atoms with Gasteiger partial charge in [-0.05, 0) is 60.9 Å². The molecule has 11 heteroatoms. The molecule has 1 unspecified atom stereocenters. The molecule has 0 radical (unpaired) electrons. The molecule has 1 saturated heterocycles. The van der Waals surface area contributed by atoms with E-state index in [1.54, 1.807) is 71.6 Å². The summed E-state index contributed by atoms with van der Waals surface area (Å²) in [6, 6.07) is 15.2. The lowest BCUT2D eigenvalue weighted by Crippen LogP contribution is -2.47. The van der Waals surface area contributed by atoms with Gasteiger partial charge in [0.25, 0.3) is 5.91 Å². The maximum Gasteiger partial charge on any atom is 0.324 e. The first-order valence-electron chi connectivity index (χ1n) is 13.2. The summed E-state index contributed by atoms with van der Waals surface area (Å²) >= 11 is 0. The van der Waals surface area contributed by atoms with Crippen LogP contribution in [0.3, 0.4) is 0 Å². The van der Waals surface area contributed by atoms with E-state index in [1.807, 2.05) is 0 Å². The Labute approximate surface area is 236 Å². The van der Waals surface area contributed by atoms with Gasteiger partial charge in [0.05, 0.1) is 0 Å². The number of benzene rings is 2. The number of aromatic nitrogens is 2. The molecule has 10 nitrogen and oxygen atoms in total. The van der Waals surface area contributed by atoms with Gasteiger partial charge in [-0.15, -0.1) is 0 Å². The molecule has 1 N–H and O–H groups in total. The Morgan fingerprint density at radius 1 is 1.12 bits per heavy atom. The van der Waals surface area contributed by atoms with Gasteiger partial charge in [0, 0.05) is 56.0 Å². The molecular formula is C30H29FN6O4. The number of hydrogen-bond donors (Lipinski definition) is 1. The second-order valence-corrected chi connectivity index (χ2v) is 9.63. The van der Waals surface area contributed by atoms with Crippen molar-refractivity contribution in [1.82, 2.24) is 20.2 Å². The van der Waals surface area contributed by atoms with Crippen molar-refractivity contribution in [3.05, 3.63) is 108 Å². The molecule has 1 atom stereocenters. The van der Waals surface area contributed by atoms with E-state index in [0.29, 0.717) is 36.4 Å².